The van der Waals surface area contributed by atoms with Gasteiger partial charge in [0.1, 0.15) is 11.5 Å². The van der Waals surface area contributed by atoms with Crippen LogP contribution in [0.5, 0.6) is 5.75 Å². The predicted octanol–water partition coefficient (Wildman–Crippen LogP) is 2.97. The van der Waals surface area contributed by atoms with Crippen LogP contribution in [0.4, 0.5) is 0 Å². The monoisotopic (exact) mass is 412 g/mol. The van der Waals surface area contributed by atoms with E-state index in [0.717, 1.165) is 28.2 Å². The topological polar surface area (TPSA) is 70.1 Å². The molecule has 29 heavy (non-hydrogen) atoms. The Bertz CT molecular complexity index is 1010. The van der Waals surface area contributed by atoms with Gasteiger partial charge in [0.25, 0.3) is 11.7 Å². The fraction of sp³-hybridized carbons (Fsp3) is 0.364. The molecule has 1 fully saturated rings. The molecule has 2 aromatic rings. The van der Waals surface area contributed by atoms with Crippen molar-refractivity contribution in [2.45, 2.75) is 19.4 Å². The Balaban J connectivity index is 1.82. The zero-order chi connectivity index (χ0) is 20.7. The number of ketones is 1. The number of Topliss-reactive ketones (excluding diaryl/α,β-unsaturated/α-hetero) is 1. The lowest BCUT2D eigenvalue weighted by atomic mass is 9.97. The Kier molecular flexibility index (Phi) is 5.19. The summed E-state index contributed by atoms with van der Waals surface area (Å²) in [5.74, 6) is -0.506. The normalized spacial score (nSPS) is 20.4. The van der Waals surface area contributed by atoms with Gasteiger partial charge in [0.05, 0.1) is 18.2 Å². The molecular weight excluding hydrogens is 388 g/mol. The first-order valence-corrected chi connectivity index (χ1v) is 10.5. The summed E-state index contributed by atoms with van der Waals surface area (Å²) in [7, 11) is 3.85. The van der Waals surface area contributed by atoms with Crippen LogP contribution in [0.3, 0.4) is 0 Å². The van der Waals surface area contributed by atoms with Crippen LogP contribution in [0.2, 0.25) is 0 Å². The van der Waals surface area contributed by atoms with Gasteiger partial charge in [0.15, 0.2) is 0 Å². The van der Waals surface area contributed by atoms with Crippen LogP contribution in [-0.4, -0.2) is 60.4 Å². The number of aliphatic hydroxyl groups is 1. The first kappa shape index (κ1) is 19.7. The van der Waals surface area contributed by atoms with Gasteiger partial charge >= 0.3 is 0 Å². The minimum absolute atomic E-state index is 0.122. The SMILES string of the molecule is Cc1ccsc1C1/C(=C(/O)c2ccc3c(c2)CCO3)C(=O)C(=O)N1CCN(C)C. The van der Waals surface area contributed by atoms with E-state index in [1.165, 1.54) is 11.3 Å². The number of likely N-dealkylation sites (tertiary alicyclic amines) is 1. The molecule has 1 atom stereocenters. The maximum absolute atomic E-state index is 13.0. The van der Waals surface area contributed by atoms with Gasteiger partial charge in [-0.15, -0.1) is 11.3 Å². The fourth-order valence-corrected chi connectivity index (χ4v) is 4.89. The molecule has 0 bridgehead atoms. The molecule has 0 aliphatic carbocycles. The van der Waals surface area contributed by atoms with Crippen molar-refractivity contribution in [1.82, 2.24) is 9.80 Å². The lowest BCUT2D eigenvalue weighted by Crippen LogP contribution is -2.35. The van der Waals surface area contributed by atoms with Gasteiger partial charge in [-0.05, 0) is 61.8 Å². The van der Waals surface area contributed by atoms with Crippen molar-refractivity contribution in [3.8, 4) is 5.75 Å². The van der Waals surface area contributed by atoms with Crippen LogP contribution in [0, 0.1) is 6.92 Å². The Hall–Kier alpha value is -2.64. The smallest absolute Gasteiger partial charge is 0.295 e. The molecule has 1 aromatic carbocycles. The van der Waals surface area contributed by atoms with E-state index in [2.05, 4.69) is 0 Å². The Labute approximate surface area is 174 Å². The molecule has 1 unspecified atom stereocenters. The highest BCUT2D eigenvalue weighted by Gasteiger charge is 2.46. The molecule has 1 saturated heterocycles. The number of fused-ring (bicyclic) bond motifs is 1. The summed E-state index contributed by atoms with van der Waals surface area (Å²) < 4.78 is 5.53. The lowest BCUT2D eigenvalue weighted by Gasteiger charge is -2.26. The van der Waals surface area contributed by atoms with Crippen molar-refractivity contribution in [2.75, 3.05) is 33.8 Å². The van der Waals surface area contributed by atoms with Gasteiger partial charge in [-0.1, -0.05) is 0 Å². The quantitative estimate of drug-likeness (QED) is 0.465. The van der Waals surface area contributed by atoms with E-state index in [-0.39, 0.29) is 11.3 Å². The summed E-state index contributed by atoms with van der Waals surface area (Å²) in [5, 5.41) is 13.1. The van der Waals surface area contributed by atoms with Gasteiger partial charge in [-0.3, -0.25) is 9.59 Å². The summed E-state index contributed by atoms with van der Waals surface area (Å²) in [5.41, 5.74) is 2.71. The van der Waals surface area contributed by atoms with E-state index in [0.29, 0.717) is 25.3 Å². The molecule has 4 rings (SSSR count). The molecule has 2 aliphatic heterocycles. The highest BCUT2D eigenvalue weighted by Crippen LogP contribution is 2.42. The average molecular weight is 413 g/mol. The average Bonchev–Trinajstić information content (AvgIpc) is 3.38. The van der Waals surface area contributed by atoms with Crippen LogP contribution in [0.1, 0.15) is 27.6 Å². The molecule has 152 valence electrons. The van der Waals surface area contributed by atoms with Crippen LogP contribution >= 0.6 is 11.3 Å². The number of aryl methyl sites for hydroxylation is 1. The number of thiophene rings is 1. The summed E-state index contributed by atoms with van der Waals surface area (Å²) in [6.45, 7) is 3.62. The molecule has 1 N–H and O–H groups in total. The second-order valence-corrected chi connectivity index (χ2v) is 8.63. The maximum Gasteiger partial charge on any atom is 0.295 e. The van der Waals surface area contributed by atoms with Crippen molar-refractivity contribution < 1.29 is 19.4 Å². The third-order valence-electron chi connectivity index (χ3n) is 5.44. The maximum atomic E-state index is 13.0. The Morgan fingerprint density at radius 2 is 2.10 bits per heavy atom. The number of amides is 1. The molecule has 6 nitrogen and oxygen atoms in total. The largest absolute Gasteiger partial charge is 0.507 e. The lowest BCUT2D eigenvalue weighted by molar-refractivity contribution is -0.140. The van der Waals surface area contributed by atoms with Crippen molar-refractivity contribution in [3.63, 3.8) is 0 Å². The first-order chi connectivity index (χ1) is 13.9. The van der Waals surface area contributed by atoms with Crippen LogP contribution < -0.4 is 4.74 Å². The number of hydrogen-bond acceptors (Lipinski definition) is 6. The van der Waals surface area contributed by atoms with E-state index in [1.54, 1.807) is 11.0 Å². The number of benzene rings is 1. The van der Waals surface area contributed by atoms with Crippen LogP contribution in [-0.2, 0) is 16.0 Å². The molecule has 0 spiro atoms. The van der Waals surface area contributed by atoms with Gasteiger partial charge in [0.2, 0.25) is 0 Å². The van der Waals surface area contributed by atoms with E-state index in [1.807, 2.05) is 49.5 Å². The van der Waals surface area contributed by atoms with Crippen LogP contribution in [0.15, 0.2) is 35.2 Å². The minimum atomic E-state index is -0.629. The molecule has 7 heteroatoms. The number of hydrogen-bond donors (Lipinski definition) is 1. The number of aliphatic hydroxyl groups excluding tert-OH is 1. The number of ether oxygens (including phenoxy) is 1. The van der Waals surface area contributed by atoms with E-state index in [4.69, 9.17) is 4.74 Å². The van der Waals surface area contributed by atoms with Gasteiger partial charge in [-0.2, -0.15) is 0 Å². The van der Waals surface area contributed by atoms with Crippen molar-refractivity contribution in [2.24, 2.45) is 0 Å². The zero-order valence-corrected chi connectivity index (χ0v) is 17.6. The van der Waals surface area contributed by atoms with Gasteiger partial charge in [-0.25, -0.2) is 0 Å². The van der Waals surface area contributed by atoms with Gasteiger partial charge in [0, 0.05) is 30.0 Å². The number of likely N-dealkylation sites (N-methyl/N-ethyl adjacent to an activating group) is 1. The standard InChI is InChI=1S/C22H24N2O4S/c1-13-7-11-29-21(13)18-17(20(26)22(27)24(18)9-8-23(2)3)19(25)15-4-5-16-14(12-15)6-10-28-16/h4-5,7,11-12,18,25H,6,8-10H2,1-3H3/b19-17-. The van der Waals surface area contributed by atoms with Crippen molar-refractivity contribution >= 4 is 28.8 Å². The first-order valence-electron chi connectivity index (χ1n) is 9.61. The van der Waals surface area contributed by atoms with E-state index in [9.17, 15) is 14.7 Å². The molecular formula is C22H24N2O4S. The Morgan fingerprint density at radius 3 is 2.79 bits per heavy atom. The summed E-state index contributed by atoms with van der Waals surface area (Å²) in [6.07, 6.45) is 0.765. The second-order valence-electron chi connectivity index (χ2n) is 7.68. The Morgan fingerprint density at radius 1 is 1.31 bits per heavy atom. The summed E-state index contributed by atoms with van der Waals surface area (Å²) in [4.78, 5) is 30.3. The predicted molar refractivity (Wildman–Crippen MR) is 112 cm³/mol. The number of carbonyl (C=O) groups is 2. The third kappa shape index (κ3) is 3.45. The molecule has 0 saturated carbocycles. The van der Waals surface area contributed by atoms with E-state index < -0.39 is 17.7 Å². The minimum Gasteiger partial charge on any atom is -0.507 e. The molecule has 2 aliphatic rings. The molecule has 0 radical (unpaired) electrons. The number of nitrogens with zero attached hydrogens (tertiary/aromatic N) is 2. The van der Waals surface area contributed by atoms with Crippen LogP contribution in [0.25, 0.3) is 5.76 Å². The third-order valence-corrected chi connectivity index (χ3v) is 6.51. The molecule has 1 amide bonds. The number of carbonyl (C=O) groups excluding carboxylic acids is 2. The second kappa shape index (κ2) is 7.65. The van der Waals surface area contributed by atoms with Crippen molar-refractivity contribution in [1.29, 1.82) is 0 Å². The summed E-state index contributed by atoms with van der Waals surface area (Å²) >= 11 is 1.50. The highest BCUT2D eigenvalue weighted by molar-refractivity contribution is 7.10. The molecule has 3 heterocycles. The zero-order valence-electron chi connectivity index (χ0n) is 16.8. The van der Waals surface area contributed by atoms with Gasteiger partial charge < -0.3 is 19.6 Å². The highest BCUT2D eigenvalue weighted by atomic mass is 32.1. The van der Waals surface area contributed by atoms with Crippen molar-refractivity contribution in [3.05, 3.63) is 56.8 Å². The summed E-state index contributed by atoms with van der Waals surface area (Å²) in [6, 6.07) is 6.80. The molecule has 1 aromatic heterocycles. The number of rotatable bonds is 5. The van der Waals surface area contributed by atoms with E-state index >= 15 is 0 Å². The fourth-order valence-electron chi connectivity index (χ4n) is 3.84.